The van der Waals surface area contributed by atoms with E-state index in [2.05, 4.69) is 0 Å². The number of hydrogen-bond acceptors (Lipinski definition) is 4. The third-order valence-corrected chi connectivity index (χ3v) is 3.78. The Labute approximate surface area is 120 Å². The Morgan fingerprint density at radius 1 is 1.35 bits per heavy atom. The molecule has 1 saturated carbocycles. The summed E-state index contributed by atoms with van der Waals surface area (Å²) < 4.78 is 5.04. The van der Waals surface area contributed by atoms with Crippen LogP contribution in [0.1, 0.15) is 31.7 Å². The number of aliphatic hydroxyl groups excluding tert-OH is 1. The first-order chi connectivity index (χ1) is 9.70. The summed E-state index contributed by atoms with van der Waals surface area (Å²) >= 11 is 0. The molecule has 2 rings (SSSR count). The molecule has 1 aliphatic rings. The van der Waals surface area contributed by atoms with Crippen molar-refractivity contribution in [3.8, 4) is 0 Å². The number of benzene rings is 1. The van der Waals surface area contributed by atoms with Gasteiger partial charge >= 0.3 is 5.97 Å². The third kappa shape index (κ3) is 4.05. The lowest BCUT2D eigenvalue weighted by atomic mass is 10.1. The number of hydrogen-bond donors (Lipinski definition) is 1. The first-order valence-electron chi connectivity index (χ1n) is 7.32. The van der Waals surface area contributed by atoms with Crippen LogP contribution >= 0.6 is 0 Å². The minimum Gasteiger partial charge on any atom is -0.465 e. The molecular formula is C16H23NO3. The number of carbonyl (C=O) groups is 1. The fraction of sp³-hybridized carbons (Fsp3) is 0.562. The summed E-state index contributed by atoms with van der Waals surface area (Å²) in [4.78, 5) is 13.8. The Morgan fingerprint density at radius 2 is 2.10 bits per heavy atom. The number of esters is 1. The molecule has 2 unspecified atom stereocenters. The molecule has 1 aliphatic carbocycles. The van der Waals surface area contributed by atoms with Crippen molar-refractivity contribution in [2.45, 2.75) is 44.9 Å². The predicted molar refractivity (Wildman–Crippen MR) is 77.1 cm³/mol. The standard InChI is InChI=1S/C16H23NO3/c1-2-20-16(19)12-17(14-9-6-10-15(14)18)11-13-7-4-3-5-8-13/h3-5,7-8,14-15,18H,2,6,9-12H2,1H3. The van der Waals surface area contributed by atoms with Crippen molar-refractivity contribution < 1.29 is 14.6 Å². The van der Waals surface area contributed by atoms with Gasteiger partial charge in [0.25, 0.3) is 0 Å². The first kappa shape index (κ1) is 15.0. The van der Waals surface area contributed by atoms with Crippen molar-refractivity contribution >= 4 is 5.97 Å². The topological polar surface area (TPSA) is 49.8 Å². The molecule has 0 aromatic heterocycles. The SMILES string of the molecule is CCOC(=O)CN(Cc1ccccc1)C1CCCC1O. The fourth-order valence-electron chi connectivity index (χ4n) is 2.83. The van der Waals surface area contributed by atoms with Crippen LogP contribution in [0, 0.1) is 0 Å². The zero-order chi connectivity index (χ0) is 14.4. The van der Waals surface area contributed by atoms with E-state index in [4.69, 9.17) is 4.74 Å². The first-order valence-corrected chi connectivity index (χ1v) is 7.32. The van der Waals surface area contributed by atoms with Crippen molar-refractivity contribution in [2.24, 2.45) is 0 Å². The summed E-state index contributed by atoms with van der Waals surface area (Å²) in [6, 6.07) is 10.1. The molecule has 0 bridgehead atoms. The second-order valence-corrected chi connectivity index (χ2v) is 5.26. The van der Waals surface area contributed by atoms with Crippen LogP contribution in [0.2, 0.25) is 0 Å². The molecule has 0 aliphatic heterocycles. The lowest BCUT2D eigenvalue weighted by molar-refractivity contribution is -0.145. The average Bonchev–Trinajstić information content (AvgIpc) is 2.86. The van der Waals surface area contributed by atoms with Gasteiger partial charge < -0.3 is 9.84 Å². The van der Waals surface area contributed by atoms with Crippen LogP contribution in [-0.4, -0.2) is 41.3 Å². The highest BCUT2D eigenvalue weighted by Crippen LogP contribution is 2.25. The van der Waals surface area contributed by atoms with E-state index in [0.29, 0.717) is 13.2 Å². The summed E-state index contributed by atoms with van der Waals surface area (Å²) in [7, 11) is 0. The molecule has 0 saturated heterocycles. The predicted octanol–water partition coefficient (Wildman–Crippen LogP) is 1.97. The van der Waals surface area contributed by atoms with Gasteiger partial charge in [0, 0.05) is 12.6 Å². The molecule has 4 heteroatoms. The summed E-state index contributed by atoms with van der Waals surface area (Å²) in [5.74, 6) is -0.220. The highest BCUT2D eigenvalue weighted by Gasteiger charge is 2.31. The zero-order valence-electron chi connectivity index (χ0n) is 12.0. The second kappa shape index (κ2) is 7.41. The molecule has 0 amide bonds. The van der Waals surface area contributed by atoms with Gasteiger partial charge in [-0.1, -0.05) is 30.3 Å². The van der Waals surface area contributed by atoms with Crippen LogP contribution in [0.3, 0.4) is 0 Å². The van der Waals surface area contributed by atoms with Gasteiger partial charge in [0.2, 0.25) is 0 Å². The molecule has 1 aromatic carbocycles. The maximum atomic E-state index is 11.8. The fourth-order valence-corrected chi connectivity index (χ4v) is 2.83. The van der Waals surface area contributed by atoms with Crippen LogP contribution in [0.25, 0.3) is 0 Å². The quantitative estimate of drug-likeness (QED) is 0.808. The van der Waals surface area contributed by atoms with E-state index in [1.54, 1.807) is 0 Å². The molecule has 1 aromatic rings. The average molecular weight is 277 g/mol. The molecule has 4 nitrogen and oxygen atoms in total. The number of ether oxygens (including phenoxy) is 1. The molecule has 1 N–H and O–H groups in total. The smallest absolute Gasteiger partial charge is 0.320 e. The van der Waals surface area contributed by atoms with Crippen LogP contribution < -0.4 is 0 Å². The van der Waals surface area contributed by atoms with Crippen LogP contribution in [0.4, 0.5) is 0 Å². The molecule has 0 spiro atoms. The number of nitrogens with zero attached hydrogens (tertiary/aromatic N) is 1. The molecular weight excluding hydrogens is 254 g/mol. The van der Waals surface area contributed by atoms with E-state index in [-0.39, 0.29) is 24.7 Å². The minimum atomic E-state index is -0.340. The second-order valence-electron chi connectivity index (χ2n) is 5.26. The van der Waals surface area contributed by atoms with Gasteiger partial charge in [-0.3, -0.25) is 9.69 Å². The third-order valence-electron chi connectivity index (χ3n) is 3.78. The van der Waals surface area contributed by atoms with Gasteiger partial charge in [0.05, 0.1) is 19.3 Å². The van der Waals surface area contributed by atoms with Gasteiger partial charge in [-0.05, 0) is 31.7 Å². The normalized spacial score (nSPS) is 22.1. The molecule has 20 heavy (non-hydrogen) atoms. The van der Waals surface area contributed by atoms with Gasteiger partial charge in [-0.25, -0.2) is 0 Å². The summed E-state index contributed by atoms with van der Waals surface area (Å²) in [6.07, 6.45) is 2.43. The van der Waals surface area contributed by atoms with Crippen molar-refractivity contribution in [3.05, 3.63) is 35.9 Å². The van der Waals surface area contributed by atoms with E-state index in [1.165, 1.54) is 0 Å². The van der Waals surface area contributed by atoms with E-state index in [1.807, 2.05) is 42.2 Å². The Morgan fingerprint density at radius 3 is 2.70 bits per heavy atom. The van der Waals surface area contributed by atoms with Gasteiger partial charge in [-0.15, -0.1) is 0 Å². The maximum absolute atomic E-state index is 11.8. The number of carbonyl (C=O) groups excluding carboxylic acids is 1. The molecule has 0 heterocycles. The lowest BCUT2D eigenvalue weighted by Crippen LogP contribution is -2.43. The Balaban J connectivity index is 2.05. The van der Waals surface area contributed by atoms with E-state index in [0.717, 1.165) is 24.8 Å². The van der Waals surface area contributed by atoms with E-state index < -0.39 is 0 Å². The van der Waals surface area contributed by atoms with Crippen LogP contribution in [0.5, 0.6) is 0 Å². The molecule has 1 fully saturated rings. The summed E-state index contributed by atoms with van der Waals surface area (Å²) in [5, 5.41) is 10.1. The van der Waals surface area contributed by atoms with E-state index >= 15 is 0 Å². The Kier molecular flexibility index (Phi) is 5.56. The van der Waals surface area contributed by atoms with Crippen molar-refractivity contribution in [1.29, 1.82) is 0 Å². The van der Waals surface area contributed by atoms with E-state index in [9.17, 15) is 9.90 Å². The molecule has 2 atom stereocenters. The lowest BCUT2D eigenvalue weighted by Gasteiger charge is -2.30. The minimum absolute atomic E-state index is 0.0552. The van der Waals surface area contributed by atoms with Gasteiger partial charge in [0.15, 0.2) is 0 Å². The molecule has 110 valence electrons. The largest absolute Gasteiger partial charge is 0.465 e. The molecule has 0 radical (unpaired) electrons. The van der Waals surface area contributed by atoms with Gasteiger partial charge in [-0.2, -0.15) is 0 Å². The van der Waals surface area contributed by atoms with Crippen molar-refractivity contribution in [1.82, 2.24) is 4.90 Å². The van der Waals surface area contributed by atoms with Gasteiger partial charge in [0.1, 0.15) is 0 Å². The van der Waals surface area contributed by atoms with Crippen LogP contribution in [-0.2, 0) is 16.1 Å². The van der Waals surface area contributed by atoms with Crippen molar-refractivity contribution in [2.75, 3.05) is 13.2 Å². The van der Waals surface area contributed by atoms with Crippen LogP contribution in [0.15, 0.2) is 30.3 Å². The summed E-state index contributed by atoms with van der Waals surface area (Å²) in [5.41, 5.74) is 1.15. The number of rotatable bonds is 6. The number of aliphatic hydroxyl groups is 1. The zero-order valence-corrected chi connectivity index (χ0v) is 12.0. The Bertz CT molecular complexity index is 421. The highest BCUT2D eigenvalue weighted by molar-refractivity contribution is 5.71. The Hall–Kier alpha value is -1.39. The summed E-state index contributed by atoms with van der Waals surface area (Å²) in [6.45, 7) is 3.11. The van der Waals surface area contributed by atoms with Crippen molar-refractivity contribution in [3.63, 3.8) is 0 Å². The monoisotopic (exact) mass is 277 g/mol. The highest BCUT2D eigenvalue weighted by atomic mass is 16.5. The maximum Gasteiger partial charge on any atom is 0.320 e.